The van der Waals surface area contributed by atoms with E-state index in [0.717, 1.165) is 11.3 Å². The summed E-state index contributed by atoms with van der Waals surface area (Å²) in [6.07, 6.45) is 4.24. The van der Waals surface area contributed by atoms with Crippen molar-refractivity contribution in [1.29, 1.82) is 0 Å². The predicted molar refractivity (Wildman–Crippen MR) is 91.5 cm³/mol. The maximum atomic E-state index is 12.0. The Morgan fingerprint density at radius 3 is 2.09 bits per heavy atom. The van der Waals surface area contributed by atoms with Crippen molar-refractivity contribution < 1.29 is 4.79 Å². The number of nitrogens with zero attached hydrogens (tertiary/aromatic N) is 2. The zero-order valence-corrected chi connectivity index (χ0v) is 13.3. The van der Waals surface area contributed by atoms with E-state index >= 15 is 0 Å². The highest BCUT2D eigenvalue weighted by atomic mass is 32.2. The van der Waals surface area contributed by atoms with Crippen molar-refractivity contribution in [3.05, 3.63) is 83.6 Å². The van der Waals surface area contributed by atoms with Gasteiger partial charge in [0.25, 0.3) is 5.91 Å². The van der Waals surface area contributed by atoms with Gasteiger partial charge in [-0.2, -0.15) is 4.36 Å². The molecule has 3 nitrogen and oxygen atoms in total. The maximum absolute atomic E-state index is 12.0. The lowest BCUT2D eigenvalue weighted by atomic mass is 10.1. The van der Waals surface area contributed by atoms with Gasteiger partial charge < -0.3 is 0 Å². The standard InChI is InChI=1S/C18H18N2OS/c1-22(14-16-10-6-3-7-11-16)19-17(13-18(21)20-22)12-15-8-4-2-5-9-15/h2-11,13H,12,14H2,1H3. The molecule has 22 heavy (non-hydrogen) atoms. The van der Waals surface area contributed by atoms with E-state index in [4.69, 9.17) is 4.36 Å². The summed E-state index contributed by atoms with van der Waals surface area (Å²) in [6.45, 7) is 0. The van der Waals surface area contributed by atoms with Crippen molar-refractivity contribution in [1.82, 2.24) is 0 Å². The molecule has 0 bridgehead atoms. The molecule has 3 rings (SSSR count). The molecular weight excluding hydrogens is 292 g/mol. The second kappa shape index (κ2) is 6.28. The average molecular weight is 310 g/mol. The summed E-state index contributed by atoms with van der Waals surface area (Å²) < 4.78 is 9.11. The molecule has 0 saturated carbocycles. The fourth-order valence-electron chi connectivity index (χ4n) is 2.50. The van der Waals surface area contributed by atoms with E-state index in [1.54, 1.807) is 6.08 Å². The van der Waals surface area contributed by atoms with E-state index in [1.807, 2.05) is 42.7 Å². The van der Waals surface area contributed by atoms with E-state index < -0.39 is 9.62 Å². The fraction of sp³-hybridized carbons (Fsp3) is 0.167. The van der Waals surface area contributed by atoms with Crippen LogP contribution in [0.2, 0.25) is 0 Å². The summed E-state index contributed by atoms with van der Waals surface area (Å²) in [5, 5.41) is 0. The smallest absolute Gasteiger partial charge is 0.267 e. The molecule has 0 saturated heterocycles. The molecule has 1 atom stereocenters. The van der Waals surface area contributed by atoms with Gasteiger partial charge in [0.1, 0.15) is 0 Å². The molecule has 1 unspecified atom stereocenters. The number of benzene rings is 2. The Labute approximate surface area is 131 Å². The van der Waals surface area contributed by atoms with Gasteiger partial charge in [0.2, 0.25) is 0 Å². The summed E-state index contributed by atoms with van der Waals surface area (Å²) in [6, 6.07) is 20.2. The van der Waals surface area contributed by atoms with Gasteiger partial charge in [-0.25, -0.2) is 4.36 Å². The predicted octanol–water partition coefficient (Wildman–Crippen LogP) is 4.00. The lowest BCUT2D eigenvalue weighted by molar-refractivity contribution is -0.113. The van der Waals surface area contributed by atoms with Crippen LogP contribution in [-0.4, -0.2) is 12.2 Å². The minimum Gasteiger partial charge on any atom is -0.267 e. The van der Waals surface area contributed by atoms with Gasteiger partial charge in [-0.05, 0) is 20.7 Å². The van der Waals surface area contributed by atoms with Crippen LogP contribution in [0.4, 0.5) is 0 Å². The van der Waals surface area contributed by atoms with Gasteiger partial charge in [-0.1, -0.05) is 60.7 Å². The van der Waals surface area contributed by atoms with Crippen LogP contribution in [0.15, 0.2) is 81.2 Å². The van der Waals surface area contributed by atoms with Crippen LogP contribution in [0, 0.1) is 0 Å². The topological polar surface area (TPSA) is 41.8 Å². The minimum absolute atomic E-state index is 0.158. The molecule has 0 fully saturated rings. The van der Waals surface area contributed by atoms with Gasteiger partial charge >= 0.3 is 0 Å². The summed E-state index contributed by atoms with van der Waals surface area (Å²) >= 11 is 0. The van der Waals surface area contributed by atoms with Crippen molar-refractivity contribution in [2.45, 2.75) is 12.2 Å². The van der Waals surface area contributed by atoms with Crippen LogP contribution < -0.4 is 0 Å². The van der Waals surface area contributed by atoms with E-state index in [0.29, 0.717) is 12.2 Å². The molecule has 1 aliphatic rings. The number of carbonyl (C=O) groups excluding carboxylic acids is 1. The zero-order valence-electron chi connectivity index (χ0n) is 12.5. The highest BCUT2D eigenvalue weighted by Crippen LogP contribution is 2.20. The molecule has 0 aromatic heterocycles. The zero-order chi connectivity index (χ0) is 15.4. The maximum Gasteiger partial charge on any atom is 0.278 e. The van der Waals surface area contributed by atoms with Crippen LogP contribution in [0.5, 0.6) is 0 Å². The van der Waals surface area contributed by atoms with E-state index in [-0.39, 0.29) is 5.91 Å². The average Bonchev–Trinajstić information content (AvgIpc) is 2.47. The van der Waals surface area contributed by atoms with Crippen LogP contribution in [0.1, 0.15) is 11.1 Å². The Kier molecular flexibility index (Phi) is 4.20. The summed E-state index contributed by atoms with van der Waals surface area (Å²) in [7, 11) is -1.68. The first-order valence-corrected chi connectivity index (χ1v) is 9.30. The lowest BCUT2D eigenvalue weighted by Gasteiger charge is -2.15. The minimum atomic E-state index is -1.68. The van der Waals surface area contributed by atoms with Gasteiger partial charge in [-0.3, -0.25) is 4.79 Å². The molecule has 1 aliphatic heterocycles. The fourth-order valence-corrected chi connectivity index (χ4v) is 4.56. The molecule has 0 radical (unpaired) electrons. The Bertz CT molecular complexity index is 830. The molecule has 4 heteroatoms. The van der Waals surface area contributed by atoms with Gasteiger partial charge in [0.05, 0.1) is 5.70 Å². The SMILES string of the molecule is CS1(Cc2ccccc2)=NC(=O)C=C(Cc2ccccc2)N=1. The van der Waals surface area contributed by atoms with Crippen LogP contribution in [0.25, 0.3) is 0 Å². The first kappa shape index (κ1) is 14.7. The second-order valence-corrected chi connectivity index (χ2v) is 8.08. The van der Waals surface area contributed by atoms with Crippen LogP contribution in [0.3, 0.4) is 0 Å². The Balaban J connectivity index is 1.89. The molecule has 0 spiro atoms. The number of hydrogen-bond acceptors (Lipinski definition) is 2. The van der Waals surface area contributed by atoms with Gasteiger partial charge in [0.15, 0.2) is 0 Å². The first-order valence-electron chi connectivity index (χ1n) is 7.17. The van der Waals surface area contributed by atoms with Crippen LogP contribution >= 0.6 is 0 Å². The largest absolute Gasteiger partial charge is 0.278 e. The van der Waals surface area contributed by atoms with Crippen molar-refractivity contribution >= 4 is 15.5 Å². The highest BCUT2D eigenvalue weighted by molar-refractivity contribution is 7.94. The van der Waals surface area contributed by atoms with Crippen molar-refractivity contribution in [3.63, 3.8) is 0 Å². The first-order chi connectivity index (χ1) is 10.6. The van der Waals surface area contributed by atoms with Crippen molar-refractivity contribution in [3.8, 4) is 0 Å². The van der Waals surface area contributed by atoms with E-state index in [2.05, 4.69) is 28.6 Å². The highest BCUT2D eigenvalue weighted by Gasteiger charge is 2.13. The Morgan fingerprint density at radius 1 is 0.864 bits per heavy atom. The van der Waals surface area contributed by atoms with E-state index in [1.165, 1.54) is 5.56 Å². The molecule has 0 aliphatic carbocycles. The van der Waals surface area contributed by atoms with Gasteiger partial charge in [-0.15, -0.1) is 0 Å². The quantitative estimate of drug-likeness (QED) is 0.841. The summed E-state index contributed by atoms with van der Waals surface area (Å²) in [5.41, 5.74) is 3.16. The second-order valence-electron chi connectivity index (χ2n) is 5.44. The third-order valence-electron chi connectivity index (χ3n) is 3.40. The summed E-state index contributed by atoms with van der Waals surface area (Å²) in [4.78, 5) is 12.0. The number of carbonyl (C=O) groups is 1. The number of hydrogen-bond donors (Lipinski definition) is 0. The molecule has 1 amide bonds. The molecule has 112 valence electrons. The van der Waals surface area contributed by atoms with Gasteiger partial charge in [0, 0.05) is 24.5 Å². The Hall–Kier alpha value is -2.20. The molecule has 2 aromatic rings. The summed E-state index contributed by atoms with van der Waals surface area (Å²) in [5.74, 6) is 0.556. The van der Waals surface area contributed by atoms with Crippen molar-refractivity contribution in [2.24, 2.45) is 8.73 Å². The van der Waals surface area contributed by atoms with Crippen molar-refractivity contribution in [2.75, 3.05) is 6.26 Å². The number of allylic oxidation sites excluding steroid dienone is 1. The Morgan fingerprint density at radius 2 is 1.45 bits per heavy atom. The third kappa shape index (κ3) is 3.71. The number of amides is 1. The monoisotopic (exact) mass is 310 g/mol. The molecular formula is C18H18N2OS. The third-order valence-corrected chi connectivity index (χ3v) is 5.48. The van der Waals surface area contributed by atoms with Crippen LogP contribution in [-0.2, 0) is 26.6 Å². The molecule has 0 N–H and O–H groups in total. The number of rotatable bonds is 4. The normalized spacial score (nSPS) is 20.8. The molecule has 2 aromatic carbocycles. The molecule has 1 heterocycles. The van der Waals surface area contributed by atoms with E-state index in [9.17, 15) is 4.79 Å². The lowest BCUT2D eigenvalue weighted by Crippen LogP contribution is -2.10.